The summed E-state index contributed by atoms with van der Waals surface area (Å²) in [6.45, 7) is 0.669. The number of thiocarbonyl (C=S) groups is 1. The Morgan fingerprint density at radius 1 is 1.29 bits per heavy atom. The van der Waals surface area contributed by atoms with Crippen molar-refractivity contribution in [1.82, 2.24) is 5.32 Å². The molecule has 0 radical (unpaired) electrons. The summed E-state index contributed by atoms with van der Waals surface area (Å²) in [6.07, 6.45) is 0. The third kappa shape index (κ3) is 5.39. The number of benzene rings is 2. The number of nitrogens with zero attached hydrogens (tertiary/aromatic N) is 1. The largest absolute Gasteiger partial charge is 0.495 e. The monoisotopic (exact) mass is 363 g/mol. The molecule has 0 atom stereocenters. The molecule has 0 saturated heterocycles. The van der Waals surface area contributed by atoms with Gasteiger partial charge in [0.05, 0.1) is 17.7 Å². The number of rotatable bonds is 7. The molecule has 0 spiro atoms. The number of nitrogens with one attached hydrogen (secondary N) is 2. The van der Waals surface area contributed by atoms with Crippen LogP contribution >= 0.6 is 24.0 Å². The van der Waals surface area contributed by atoms with Gasteiger partial charge in [0.25, 0.3) is 5.69 Å². The van der Waals surface area contributed by atoms with Crippen molar-refractivity contribution in [3.8, 4) is 5.75 Å². The van der Waals surface area contributed by atoms with Crippen LogP contribution in [0.15, 0.2) is 53.4 Å². The predicted octanol–water partition coefficient (Wildman–Crippen LogP) is 3.68. The molecule has 2 aromatic carbocycles. The van der Waals surface area contributed by atoms with E-state index in [0.717, 1.165) is 5.75 Å². The van der Waals surface area contributed by atoms with Crippen LogP contribution in [0.1, 0.15) is 0 Å². The van der Waals surface area contributed by atoms with Gasteiger partial charge in [-0.2, -0.15) is 0 Å². The van der Waals surface area contributed by atoms with Gasteiger partial charge in [-0.3, -0.25) is 10.1 Å². The van der Waals surface area contributed by atoms with Crippen LogP contribution in [0, 0.1) is 10.1 Å². The van der Waals surface area contributed by atoms with E-state index >= 15 is 0 Å². The predicted molar refractivity (Wildman–Crippen MR) is 101 cm³/mol. The van der Waals surface area contributed by atoms with E-state index in [9.17, 15) is 10.1 Å². The Balaban J connectivity index is 1.85. The molecule has 0 aliphatic carbocycles. The Hall–Kier alpha value is -2.32. The minimum Gasteiger partial charge on any atom is -0.495 e. The van der Waals surface area contributed by atoms with Gasteiger partial charge in [0, 0.05) is 29.3 Å². The standard InChI is InChI=1S/C16H17N3O3S2/c1-22-15-8-7-12(19(20)21)11-14(15)18-16(23)17-9-10-24-13-5-3-2-4-6-13/h2-8,11H,9-10H2,1H3,(H2,17,18,23). The second-order valence-corrected chi connectivity index (χ2v) is 6.26. The summed E-state index contributed by atoms with van der Waals surface area (Å²) in [6, 6.07) is 14.4. The number of thioether (sulfide) groups is 1. The van der Waals surface area contributed by atoms with Gasteiger partial charge in [0.2, 0.25) is 0 Å². The summed E-state index contributed by atoms with van der Waals surface area (Å²) < 4.78 is 5.19. The van der Waals surface area contributed by atoms with E-state index in [4.69, 9.17) is 17.0 Å². The smallest absolute Gasteiger partial charge is 0.271 e. The molecule has 0 amide bonds. The van der Waals surface area contributed by atoms with Crippen molar-refractivity contribution in [2.45, 2.75) is 4.90 Å². The molecule has 6 nitrogen and oxygen atoms in total. The summed E-state index contributed by atoms with van der Waals surface area (Å²) in [5.74, 6) is 1.33. The van der Waals surface area contributed by atoms with Gasteiger partial charge < -0.3 is 15.4 Å². The molecule has 0 bridgehead atoms. The lowest BCUT2D eigenvalue weighted by molar-refractivity contribution is -0.384. The van der Waals surface area contributed by atoms with E-state index in [1.807, 2.05) is 18.2 Å². The maximum atomic E-state index is 10.9. The SMILES string of the molecule is COc1ccc([N+](=O)[O-])cc1NC(=S)NCCSc1ccccc1. The Morgan fingerprint density at radius 3 is 2.71 bits per heavy atom. The molecule has 2 aromatic rings. The summed E-state index contributed by atoms with van der Waals surface area (Å²) in [4.78, 5) is 11.6. The first-order valence-electron chi connectivity index (χ1n) is 7.15. The summed E-state index contributed by atoms with van der Waals surface area (Å²) in [5.41, 5.74) is 0.431. The number of nitro groups is 1. The van der Waals surface area contributed by atoms with Crippen LogP contribution in [0.5, 0.6) is 5.75 Å². The fourth-order valence-corrected chi connectivity index (χ4v) is 2.93. The lowest BCUT2D eigenvalue weighted by Crippen LogP contribution is -2.30. The molecule has 0 aromatic heterocycles. The van der Waals surface area contributed by atoms with Crippen LogP contribution in [-0.2, 0) is 0 Å². The van der Waals surface area contributed by atoms with Crippen LogP contribution in [0.25, 0.3) is 0 Å². The van der Waals surface area contributed by atoms with Crippen molar-refractivity contribution in [2.24, 2.45) is 0 Å². The average molecular weight is 363 g/mol. The van der Waals surface area contributed by atoms with E-state index in [1.54, 1.807) is 11.8 Å². The second-order valence-electron chi connectivity index (χ2n) is 4.68. The molecule has 0 aliphatic rings. The Bertz CT molecular complexity index is 711. The highest BCUT2D eigenvalue weighted by molar-refractivity contribution is 7.99. The van der Waals surface area contributed by atoms with Crippen LogP contribution in [0.2, 0.25) is 0 Å². The third-order valence-electron chi connectivity index (χ3n) is 3.04. The quantitative estimate of drug-likeness (QED) is 0.255. The van der Waals surface area contributed by atoms with Gasteiger partial charge in [0.15, 0.2) is 5.11 Å². The van der Waals surface area contributed by atoms with Gasteiger partial charge >= 0.3 is 0 Å². The normalized spacial score (nSPS) is 10.0. The number of anilines is 1. The van der Waals surface area contributed by atoms with Gasteiger partial charge in [-0.05, 0) is 30.4 Å². The number of nitro benzene ring substituents is 1. The molecule has 24 heavy (non-hydrogen) atoms. The average Bonchev–Trinajstić information content (AvgIpc) is 2.59. The molecule has 2 rings (SSSR count). The van der Waals surface area contributed by atoms with Gasteiger partial charge in [-0.15, -0.1) is 11.8 Å². The van der Waals surface area contributed by atoms with Gasteiger partial charge in [-0.1, -0.05) is 18.2 Å². The van der Waals surface area contributed by atoms with E-state index < -0.39 is 4.92 Å². The summed E-state index contributed by atoms with van der Waals surface area (Å²) >= 11 is 6.94. The highest BCUT2D eigenvalue weighted by atomic mass is 32.2. The number of hydrogen-bond acceptors (Lipinski definition) is 5. The Labute approximate surface area is 149 Å². The molecule has 0 saturated carbocycles. The molecular weight excluding hydrogens is 346 g/mol. The fraction of sp³-hybridized carbons (Fsp3) is 0.188. The van der Waals surface area contributed by atoms with E-state index in [1.165, 1.54) is 30.2 Å². The van der Waals surface area contributed by atoms with Crippen LogP contribution in [-0.4, -0.2) is 29.4 Å². The second kappa shape index (κ2) is 9.09. The van der Waals surface area contributed by atoms with Crippen molar-refractivity contribution >= 4 is 40.5 Å². The van der Waals surface area contributed by atoms with Crippen molar-refractivity contribution in [1.29, 1.82) is 0 Å². The minimum atomic E-state index is -0.461. The summed E-state index contributed by atoms with van der Waals surface area (Å²) in [5, 5.41) is 17.3. The first kappa shape index (κ1) is 18.0. The zero-order valence-electron chi connectivity index (χ0n) is 13.0. The number of non-ortho nitro benzene ring substituents is 1. The van der Waals surface area contributed by atoms with E-state index in [-0.39, 0.29) is 5.69 Å². The minimum absolute atomic E-state index is 0.0271. The number of ether oxygens (including phenoxy) is 1. The number of methoxy groups -OCH3 is 1. The molecule has 0 heterocycles. The molecule has 0 unspecified atom stereocenters. The van der Waals surface area contributed by atoms with Gasteiger partial charge in [-0.25, -0.2) is 0 Å². The lowest BCUT2D eigenvalue weighted by atomic mass is 10.2. The van der Waals surface area contributed by atoms with Crippen molar-refractivity contribution in [2.75, 3.05) is 24.7 Å². The molecule has 126 valence electrons. The molecule has 2 N–H and O–H groups in total. The van der Waals surface area contributed by atoms with Crippen LogP contribution < -0.4 is 15.4 Å². The first-order valence-corrected chi connectivity index (χ1v) is 8.54. The number of hydrogen-bond donors (Lipinski definition) is 2. The van der Waals surface area contributed by atoms with Crippen LogP contribution in [0.3, 0.4) is 0 Å². The third-order valence-corrected chi connectivity index (χ3v) is 4.30. The highest BCUT2D eigenvalue weighted by Gasteiger charge is 2.12. The van der Waals surface area contributed by atoms with E-state index in [0.29, 0.717) is 23.1 Å². The zero-order chi connectivity index (χ0) is 17.4. The fourth-order valence-electron chi connectivity index (χ4n) is 1.92. The topological polar surface area (TPSA) is 76.4 Å². The van der Waals surface area contributed by atoms with Gasteiger partial charge in [0.1, 0.15) is 5.75 Å². The van der Waals surface area contributed by atoms with Crippen molar-refractivity contribution in [3.63, 3.8) is 0 Å². The first-order chi connectivity index (χ1) is 11.6. The maximum absolute atomic E-state index is 10.9. The summed E-state index contributed by atoms with van der Waals surface area (Å²) in [7, 11) is 1.50. The molecule has 8 heteroatoms. The lowest BCUT2D eigenvalue weighted by Gasteiger charge is -2.13. The van der Waals surface area contributed by atoms with Crippen molar-refractivity contribution < 1.29 is 9.66 Å². The molecule has 0 aliphatic heterocycles. The Morgan fingerprint density at radius 2 is 2.04 bits per heavy atom. The molecule has 0 fully saturated rings. The zero-order valence-corrected chi connectivity index (χ0v) is 14.7. The Kier molecular flexibility index (Phi) is 6.83. The van der Waals surface area contributed by atoms with Crippen molar-refractivity contribution in [3.05, 3.63) is 58.6 Å². The molecular formula is C16H17N3O3S2. The maximum Gasteiger partial charge on any atom is 0.271 e. The highest BCUT2D eigenvalue weighted by Crippen LogP contribution is 2.28. The van der Waals surface area contributed by atoms with E-state index in [2.05, 4.69) is 22.8 Å². The van der Waals surface area contributed by atoms with Crippen LogP contribution in [0.4, 0.5) is 11.4 Å².